The summed E-state index contributed by atoms with van der Waals surface area (Å²) in [5.74, 6) is -1.60. The molecule has 0 aliphatic heterocycles. The lowest BCUT2D eigenvalue weighted by atomic mass is 10.1. The lowest BCUT2D eigenvalue weighted by Gasteiger charge is -2.26. The molecule has 0 fully saturated rings. The molecule has 0 aromatic heterocycles. The Kier molecular flexibility index (Phi) is 6.25. The van der Waals surface area contributed by atoms with E-state index < -0.39 is 28.3 Å². The second kappa shape index (κ2) is 6.68. The molecule has 104 valence electrons. The molecule has 0 rings (SSSR count). The number of carbonyl (C=O) groups is 1. The van der Waals surface area contributed by atoms with E-state index in [0.717, 1.165) is 4.31 Å². The first-order valence-corrected chi connectivity index (χ1v) is 6.92. The normalized spacial score (nSPS) is 15.4. The highest BCUT2D eigenvalue weighted by atomic mass is 32.2. The predicted octanol–water partition coefficient (Wildman–Crippen LogP) is 0.164. The monoisotopic (exact) mass is 277 g/mol. The Labute approximate surface area is 108 Å². The van der Waals surface area contributed by atoms with Crippen molar-refractivity contribution in [2.75, 3.05) is 7.05 Å². The van der Waals surface area contributed by atoms with Crippen LogP contribution in [0.2, 0.25) is 0 Å². The highest BCUT2D eigenvalue weighted by molar-refractivity contribution is 7.87. The molecule has 0 bridgehead atoms. The summed E-state index contributed by atoms with van der Waals surface area (Å²) in [5, 5.41) is 17.5. The minimum absolute atomic E-state index is 0.0385. The molecular weight excluding hydrogens is 258 g/mol. The van der Waals surface area contributed by atoms with Crippen LogP contribution in [0.15, 0.2) is 0 Å². The summed E-state index contributed by atoms with van der Waals surface area (Å²) in [4.78, 5) is 10.9. The van der Waals surface area contributed by atoms with Crippen molar-refractivity contribution in [1.29, 1.82) is 5.26 Å². The summed E-state index contributed by atoms with van der Waals surface area (Å²) in [6, 6.07) is 0.162. The third-order valence-corrected chi connectivity index (χ3v) is 4.27. The molecule has 0 amide bonds. The number of rotatable bonds is 7. The Bertz CT molecular complexity index is 427. The average Bonchev–Trinajstić information content (AvgIpc) is 2.24. The molecule has 0 radical (unpaired) electrons. The average molecular weight is 277 g/mol. The van der Waals surface area contributed by atoms with Gasteiger partial charge in [-0.05, 0) is 12.8 Å². The fraction of sp³-hybridized carbons (Fsp3) is 0.800. The molecule has 0 spiro atoms. The van der Waals surface area contributed by atoms with E-state index in [1.54, 1.807) is 20.8 Å². The van der Waals surface area contributed by atoms with Gasteiger partial charge in [-0.3, -0.25) is 4.79 Å². The van der Waals surface area contributed by atoms with E-state index in [-0.39, 0.29) is 12.3 Å². The quantitative estimate of drug-likeness (QED) is 0.689. The summed E-state index contributed by atoms with van der Waals surface area (Å²) >= 11 is 0. The zero-order valence-corrected chi connectivity index (χ0v) is 11.7. The van der Waals surface area contributed by atoms with Gasteiger partial charge >= 0.3 is 5.97 Å². The van der Waals surface area contributed by atoms with Crippen molar-refractivity contribution in [1.82, 2.24) is 9.03 Å². The van der Waals surface area contributed by atoms with Gasteiger partial charge in [0.25, 0.3) is 10.2 Å². The second-order valence-corrected chi connectivity index (χ2v) is 6.17. The van der Waals surface area contributed by atoms with E-state index in [0.29, 0.717) is 0 Å². The van der Waals surface area contributed by atoms with Crippen LogP contribution < -0.4 is 4.72 Å². The number of aliphatic carboxylic acids is 1. The fourth-order valence-corrected chi connectivity index (χ4v) is 2.62. The Morgan fingerprint density at radius 3 is 2.28 bits per heavy atom. The number of hydrogen-bond acceptors (Lipinski definition) is 4. The Morgan fingerprint density at radius 2 is 1.94 bits per heavy atom. The van der Waals surface area contributed by atoms with Crippen LogP contribution in [0.3, 0.4) is 0 Å². The third kappa shape index (κ3) is 4.60. The van der Waals surface area contributed by atoms with Crippen LogP contribution in [0, 0.1) is 17.2 Å². The lowest BCUT2D eigenvalue weighted by molar-refractivity contribution is -0.140. The molecule has 7 nitrogen and oxygen atoms in total. The zero-order chi connectivity index (χ0) is 14.5. The molecule has 0 aliphatic rings. The van der Waals surface area contributed by atoms with Crippen LogP contribution in [0.5, 0.6) is 0 Å². The molecular formula is C10H19N3O4S. The van der Waals surface area contributed by atoms with Crippen LogP contribution in [-0.4, -0.2) is 42.9 Å². The molecule has 2 atom stereocenters. The van der Waals surface area contributed by atoms with Crippen molar-refractivity contribution in [2.45, 2.75) is 39.3 Å². The zero-order valence-electron chi connectivity index (χ0n) is 10.9. The summed E-state index contributed by atoms with van der Waals surface area (Å²) in [6.45, 7) is 4.80. The van der Waals surface area contributed by atoms with Gasteiger partial charge in [0.15, 0.2) is 0 Å². The van der Waals surface area contributed by atoms with Gasteiger partial charge in [-0.2, -0.15) is 22.7 Å². The molecule has 0 saturated heterocycles. The highest BCUT2D eigenvalue weighted by Crippen LogP contribution is 2.09. The molecule has 1 unspecified atom stereocenters. The largest absolute Gasteiger partial charge is 0.480 e. The van der Waals surface area contributed by atoms with E-state index in [1.165, 1.54) is 7.05 Å². The van der Waals surface area contributed by atoms with Crippen LogP contribution in [0.25, 0.3) is 0 Å². The van der Waals surface area contributed by atoms with Gasteiger partial charge in [0.2, 0.25) is 0 Å². The smallest absolute Gasteiger partial charge is 0.322 e. The van der Waals surface area contributed by atoms with Crippen molar-refractivity contribution >= 4 is 16.2 Å². The SMILES string of the molecule is CC(C)[C@@H](NS(=O)(=O)N(C)C(C)CC#N)C(=O)O. The van der Waals surface area contributed by atoms with E-state index in [2.05, 4.69) is 4.72 Å². The van der Waals surface area contributed by atoms with Crippen molar-refractivity contribution in [3.63, 3.8) is 0 Å². The van der Waals surface area contributed by atoms with Crippen LogP contribution in [0.1, 0.15) is 27.2 Å². The van der Waals surface area contributed by atoms with Gasteiger partial charge < -0.3 is 5.11 Å². The molecule has 18 heavy (non-hydrogen) atoms. The van der Waals surface area contributed by atoms with Crippen LogP contribution in [-0.2, 0) is 15.0 Å². The number of carboxylic acids is 1. The summed E-state index contributed by atoms with van der Waals surface area (Å²) < 4.78 is 26.9. The van der Waals surface area contributed by atoms with E-state index >= 15 is 0 Å². The van der Waals surface area contributed by atoms with Gasteiger partial charge in [0.05, 0.1) is 12.5 Å². The van der Waals surface area contributed by atoms with E-state index in [9.17, 15) is 13.2 Å². The van der Waals surface area contributed by atoms with Gasteiger partial charge in [-0.25, -0.2) is 0 Å². The summed E-state index contributed by atoms with van der Waals surface area (Å²) in [6.07, 6.45) is 0.0385. The number of nitrogens with zero attached hydrogens (tertiary/aromatic N) is 2. The van der Waals surface area contributed by atoms with E-state index in [4.69, 9.17) is 10.4 Å². The van der Waals surface area contributed by atoms with Gasteiger partial charge in [0, 0.05) is 13.1 Å². The second-order valence-electron chi connectivity index (χ2n) is 4.41. The Hall–Kier alpha value is -1.17. The molecule has 2 N–H and O–H groups in total. The maximum Gasteiger partial charge on any atom is 0.322 e. The standard InChI is InChI=1S/C10H19N3O4S/c1-7(2)9(10(14)15)12-18(16,17)13(4)8(3)5-6-11/h7-9,12H,5H2,1-4H3,(H,14,15)/t8?,9-/m1/s1. The topological polar surface area (TPSA) is 111 Å². The highest BCUT2D eigenvalue weighted by Gasteiger charge is 2.31. The molecule has 8 heteroatoms. The minimum atomic E-state index is -3.92. The number of nitriles is 1. The maximum atomic E-state index is 11.9. The number of carboxylic acid groups (broad SMARTS) is 1. The predicted molar refractivity (Wildman–Crippen MR) is 65.8 cm³/mol. The lowest BCUT2D eigenvalue weighted by Crippen LogP contribution is -2.51. The van der Waals surface area contributed by atoms with Crippen LogP contribution in [0.4, 0.5) is 0 Å². The fourth-order valence-electron chi connectivity index (χ4n) is 1.21. The molecule has 0 heterocycles. The Balaban J connectivity index is 4.95. The molecule has 0 saturated carbocycles. The van der Waals surface area contributed by atoms with Crippen molar-refractivity contribution in [3.05, 3.63) is 0 Å². The van der Waals surface area contributed by atoms with Crippen molar-refractivity contribution in [2.24, 2.45) is 5.92 Å². The summed E-state index contributed by atoms with van der Waals surface area (Å²) in [7, 11) is -2.61. The first-order valence-electron chi connectivity index (χ1n) is 5.48. The first-order chi connectivity index (χ1) is 8.13. The molecule has 0 aliphatic carbocycles. The minimum Gasteiger partial charge on any atom is -0.480 e. The molecule has 0 aromatic rings. The van der Waals surface area contributed by atoms with Gasteiger partial charge in [-0.1, -0.05) is 13.8 Å². The maximum absolute atomic E-state index is 11.9. The number of nitrogens with one attached hydrogen (secondary N) is 1. The summed E-state index contributed by atoms with van der Waals surface area (Å²) in [5.41, 5.74) is 0. The molecule has 0 aromatic carbocycles. The number of hydrogen-bond donors (Lipinski definition) is 2. The first kappa shape index (κ1) is 16.8. The van der Waals surface area contributed by atoms with Gasteiger partial charge in [0.1, 0.15) is 6.04 Å². The van der Waals surface area contributed by atoms with Crippen molar-refractivity contribution in [3.8, 4) is 6.07 Å². The third-order valence-electron chi connectivity index (χ3n) is 2.60. The van der Waals surface area contributed by atoms with Gasteiger partial charge in [-0.15, -0.1) is 0 Å². The Morgan fingerprint density at radius 1 is 1.44 bits per heavy atom. The van der Waals surface area contributed by atoms with E-state index in [1.807, 2.05) is 6.07 Å². The van der Waals surface area contributed by atoms with Crippen molar-refractivity contribution < 1.29 is 18.3 Å². The van der Waals surface area contributed by atoms with Crippen LogP contribution >= 0.6 is 0 Å².